The van der Waals surface area contributed by atoms with Crippen molar-refractivity contribution in [1.82, 2.24) is 0 Å². The van der Waals surface area contributed by atoms with Gasteiger partial charge < -0.3 is 0 Å². The third kappa shape index (κ3) is 2.52. The molecule has 3 aromatic rings. The van der Waals surface area contributed by atoms with Crippen LogP contribution in [0.2, 0.25) is 0 Å². The van der Waals surface area contributed by atoms with Crippen LogP contribution < -0.4 is 0 Å². The van der Waals surface area contributed by atoms with Crippen LogP contribution in [-0.2, 0) is 6.42 Å². The lowest BCUT2D eigenvalue weighted by atomic mass is 9.85. The molecule has 3 aliphatic rings. The van der Waals surface area contributed by atoms with Gasteiger partial charge >= 0.3 is 0 Å². The Labute approximate surface area is 173 Å². The molecule has 2 unspecified atom stereocenters. The fourth-order valence-corrected chi connectivity index (χ4v) is 6.04. The van der Waals surface area contributed by atoms with E-state index in [0.29, 0.717) is 11.8 Å². The fraction of sp³-hybridized carbons (Fsp3) is 0.241. The SMILES string of the molecule is Cc1ccc(C2CCC3C(c4cccc5c4Cc4ccccc4-5)=CC=C32)c(C)c1. The van der Waals surface area contributed by atoms with Crippen LogP contribution in [0.4, 0.5) is 0 Å². The average molecular weight is 375 g/mol. The molecule has 0 nitrogen and oxygen atoms in total. The Morgan fingerprint density at radius 1 is 0.724 bits per heavy atom. The zero-order valence-electron chi connectivity index (χ0n) is 17.2. The van der Waals surface area contributed by atoms with E-state index < -0.39 is 0 Å². The highest BCUT2D eigenvalue weighted by atomic mass is 14.4. The highest BCUT2D eigenvalue weighted by Crippen LogP contribution is 2.53. The van der Waals surface area contributed by atoms with E-state index in [4.69, 9.17) is 0 Å². The summed E-state index contributed by atoms with van der Waals surface area (Å²) in [5, 5.41) is 0. The second-order valence-electron chi connectivity index (χ2n) is 9.00. The summed E-state index contributed by atoms with van der Waals surface area (Å²) >= 11 is 0. The van der Waals surface area contributed by atoms with Crippen LogP contribution in [0.1, 0.15) is 52.1 Å². The van der Waals surface area contributed by atoms with Crippen molar-refractivity contribution in [2.24, 2.45) is 5.92 Å². The van der Waals surface area contributed by atoms with Gasteiger partial charge in [-0.25, -0.2) is 0 Å². The van der Waals surface area contributed by atoms with Gasteiger partial charge in [0, 0.05) is 11.8 Å². The van der Waals surface area contributed by atoms with Gasteiger partial charge in [-0.1, -0.05) is 84.0 Å². The second-order valence-corrected chi connectivity index (χ2v) is 9.00. The highest BCUT2D eigenvalue weighted by Gasteiger charge is 2.37. The molecule has 0 amide bonds. The van der Waals surface area contributed by atoms with Crippen LogP contribution in [0.15, 0.2) is 78.4 Å². The maximum absolute atomic E-state index is 2.44. The standard InChI is InChI=1S/C29H26/c1-18-10-11-21(19(2)16-18)25-12-13-28-26(14-15-27(25)28)24-9-5-8-23-22-7-4-3-6-20(22)17-29(23)24/h3-11,14-16,25,28H,12-13,17H2,1-2H3. The minimum absolute atomic E-state index is 0.586. The maximum atomic E-state index is 2.44. The van der Waals surface area contributed by atoms with Gasteiger partial charge in [0.1, 0.15) is 0 Å². The van der Waals surface area contributed by atoms with Gasteiger partial charge in [0.15, 0.2) is 0 Å². The zero-order chi connectivity index (χ0) is 19.5. The van der Waals surface area contributed by atoms with E-state index in [1.165, 1.54) is 57.3 Å². The molecule has 0 bridgehead atoms. The molecule has 0 aromatic heterocycles. The molecule has 0 heteroatoms. The molecule has 6 rings (SSSR count). The first-order chi connectivity index (χ1) is 14.2. The smallest absolute Gasteiger partial charge is 0.00637 e. The van der Waals surface area contributed by atoms with E-state index in [-0.39, 0.29) is 0 Å². The van der Waals surface area contributed by atoms with E-state index in [1.54, 1.807) is 11.1 Å². The summed E-state index contributed by atoms with van der Waals surface area (Å²) in [6.07, 6.45) is 8.48. The first-order valence-corrected chi connectivity index (χ1v) is 10.9. The lowest BCUT2D eigenvalue weighted by molar-refractivity contribution is 0.757. The molecule has 1 fully saturated rings. The predicted octanol–water partition coefficient (Wildman–Crippen LogP) is 7.39. The predicted molar refractivity (Wildman–Crippen MR) is 122 cm³/mol. The largest absolute Gasteiger partial charge is 0.0619 e. The van der Waals surface area contributed by atoms with Crippen molar-refractivity contribution in [1.29, 1.82) is 0 Å². The summed E-state index contributed by atoms with van der Waals surface area (Å²) in [5.74, 6) is 1.18. The van der Waals surface area contributed by atoms with E-state index in [1.807, 2.05) is 0 Å². The Hall–Kier alpha value is -2.86. The molecule has 0 saturated heterocycles. The Morgan fingerprint density at radius 2 is 1.52 bits per heavy atom. The summed E-state index contributed by atoms with van der Waals surface area (Å²) in [4.78, 5) is 0. The number of hydrogen-bond donors (Lipinski definition) is 0. The van der Waals surface area contributed by atoms with Crippen molar-refractivity contribution in [2.75, 3.05) is 0 Å². The van der Waals surface area contributed by atoms with Crippen LogP contribution in [0.3, 0.4) is 0 Å². The Bertz CT molecular complexity index is 1200. The van der Waals surface area contributed by atoms with Crippen LogP contribution in [0, 0.1) is 19.8 Å². The molecule has 3 aliphatic carbocycles. The van der Waals surface area contributed by atoms with Gasteiger partial charge in [0.25, 0.3) is 0 Å². The average Bonchev–Trinajstić information content (AvgIpc) is 3.41. The van der Waals surface area contributed by atoms with Gasteiger partial charge in [-0.05, 0) is 77.6 Å². The lowest BCUT2D eigenvalue weighted by Gasteiger charge is -2.19. The van der Waals surface area contributed by atoms with Crippen molar-refractivity contribution in [3.8, 4) is 11.1 Å². The van der Waals surface area contributed by atoms with Crippen LogP contribution in [0.5, 0.6) is 0 Å². The number of benzene rings is 3. The van der Waals surface area contributed by atoms with Crippen molar-refractivity contribution in [2.45, 2.75) is 39.0 Å². The summed E-state index contributed by atoms with van der Waals surface area (Å²) in [5.41, 5.74) is 14.9. The van der Waals surface area contributed by atoms with E-state index in [2.05, 4.69) is 86.7 Å². The molecule has 29 heavy (non-hydrogen) atoms. The topological polar surface area (TPSA) is 0 Å². The quantitative estimate of drug-likeness (QED) is 0.343. The molecule has 0 spiro atoms. The number of aryl methyl sites for hydroxylation is 2. The molecular formula is C29H26. The van der Waals surface area contributed by atoms with Crippen molar-refractivity contribution < 1.29 is 0 Å². The van der Waals surface area contributed by atoms with Crippen molar-refractivity contribution in [3.05, 3.63) is 112 Å². The van der Waals surface area contributed by atoms with Crippen LogP contribution in [-0.4, -0.2) is 0 Å². The third-order valence-corrected chi connectivity index (χ3v) is 7.34. The van der Waals surface area contributed by atoms with E-state index >= 15 is 0 Å². The van der Waals surface area contributed by atoms with E-state index in [0.717, 1.165) is 6.42 Å². The molecular weight excluding hydrogens is 348 g/mol. The molecule has 3 aromatic carbocycles. The summed E-state index contributed by atoms with van der Waals surface area (Å²) in [6, 6.07) is 22.8. The number of fused-ring (bicyclic) bond motifs is 4. The summed E-state index contributed by atoms with van der Waals surface area (Å²) < 4.78 is 0. The highest BCUT2D eigenvalue weighted by molar-refractivity contribution is 5.86. The Morgan fingerprint density at radius 3 is 2.41 bits per heavy atom. The molecule has 0 N–H and O–H groups in total. The number of hydrogen-bond acceptors (Lipinski definition) is 0. The second kappa shape index (κ2) is 6.32. The summed E-state index contributed by atoms with van der Waals surface area (Å²) in [6.45, 7) is 4.47. The minimum Gasteiger partial charge on any atom is -0.0619 e. The maximum Gasteiger partial charge on any atom is 0.00637 e. The van der Waals surface area contributed by atoms with E-state index in [9.17, 15) is 0 Å². The monoisotopic (exact) mass is 374 g/mol. The molecule has 0 aliphatic heterocycles. The van der Waals surface area contributed by atoms with Gasteiger partial charge in [0.05, 0.1) is 0 Å². The lowest BCUT2D eigenvalue weighted by Crippen LogP contribution is -2.03. The normalized spacial score (nSPS) is 21.4. The first-order valence-electron chi connectivity index (χ1n) is 10.9. The summed E-state index contributed by atoms with van der Waals surface area (Å²) in [7, 11) is 0. The third-order valence-electron chi connectivity index (χ3n) is 7.34. The van der Waals surface area contributed by atoms with Crippen LogP contribution in [0.25, 0.3) is 16.7 Å². The molecule has 1 saturated carbocycles. The van der Waals surface area contributed by atoms with Crippen molar-refractivity contribution in [3.63, 3.8) is 0 Å². The molecule has 2 atom stereocenters. The van der Waals surface area contributed by atoms with Gasteiger partial charge in [-0.15, -0.1) is 0 Å². The molecule has 142 valence electrons. The van der Waals surface area contributed by atoms with Gasteiger partial charge in [-0.2, -0.15) is 0 Å². The van der Waals surface area contributed by atoms with Gasteiger partial charge in [0.2, 0.25) is 0 Å². The molecule has 0 radical (unpaired) electrons. The number of rotatable bonds is 2. The molecule has 0 heterocycles. The zero-order valence-corrected chi connectivity index (χ0v) is 17.2. The van der Waals surface area contributed by atoms with Crippen LogP contribution >= 0.6 is 0 Å². The Kier molecular flexibility index (Phi) is 3.71. The first kappa shape index (κ1) is 17.0. The fourth-order valence-electron chi connectivity index (χ4n) is 6.04. The van der Waals surface area contributed by atoms with Crippen molar-refractivity contribution >= 4 is 5.57 Å². The minimum atomic E-state index is 0.586. The van der Waals surface area contributed by atoms with Gasteiger partial charge in [-0.3, -0.25) is 0 Å². The Balaban J connectivity index is 1.36. The number of allylic oxidation sites excluding steroid dienone is 4.